The van der Waals surface area contributed by atoms with E-state index in [1.165, 1.54) is 18.9 Å². The molecule has 1 aliphatic carbocycles. The molecule has 0 saturated heterocycles. The van der Waals surface area contributed by atoms with E-state index in [-0.39, 0.29) is 5.09 Å². The normalized spacial score (nSPS) is 18.2. The minimum absolute atomic E-state index is 0.176. The van der Waals surface area contributed by atoms with Crippen molar-refractivity contribution in [3.8, 4) is 0 Å². The molecule has 1 saturated carbocycles. The maximum Gasteiger partial charge on any atom is 0.271 e. The highest BCUT2D eigenvalue weighted by Gasteiger charge is 2.27. The second-order valence-corrected chi connectivity index (χ2v) is 6.20. The first-order valence-electron chi connectivity index (χ1n) is 5.79. The molecule has 17 heavy (non-hydrogen) atoms. The van der Waals surface area contributed by atoms with E-state index in [9.17, 15) is 8.42 Å². The molecule has 6 heteroatoms. The molecule has 1 aromatic rings. The molecule has 0 amide bonds. The molecule has 0 spiro atoms. The molecular formula is C11H18N2O3S. The van der Waals surface area contributed by atoms with E-state index < -0.39 is 10.0 Å². The standard InChI is InChI=1S/C11H18N2O3S/c1-8(9-2-3-9)6-13-7-10-4-5-11(16-10)17(12,14)15/h4-5,8-9,13H,2-3,6-7H2,1H3,(H2,12,14,15). The van der Waals surface area contributed by atoms with Crippen LogP contribution in [0.2, 0.25) is 0 Å². The summed E-state index contributed by atoms with van der Waals surface area (Å²) in [6, 6.07) is 3.02. The smallest absolute Gasteiger partial charge is 0.271 e. The lowest BCUT2D eigenvalue weighted by atomic mass is 10.1. The van der Waals surface area contributed by atoms with Crippen molar-refractivity contribution >= 4 is 10.0 Å². The van der Waals surface area contributed by atoms with E-state index in [1.807, 2.05) is 0 Å². The van der Waals surface area contributed by atoms with Gasteiger partial charge >= 0.3 is 0 Å². The lowest BCUT2D eigenvalue weighted by Crippen LogP contribution is -2.21. The van der Waals surface area contributed by atoms with Crippen LogP contribution in [0.15, 0.2) is 21.6 Å². The van der Waals surface area contributed by atoms with Gasteiger partial charge in [-0.2, -0.15) is 0 Å². The summed E-state index contributed by atoms with van der Waals surface area (Å²) < 4.78 is 27.1. The fourth-order valence-corrected chi connectivity index (χ4v) is 2.34. The van der Waals surface area contributed by atoms with Crippen molar-refractivity contribution in [3.63, 3.8) is 0 Å². The van der Waals surface area contributed by atoms with Crippen LogP contribution in [0.25, 0.3) is 0 Å². The highest BCUT2D eigenvalue weighted by atomic mass is 32.2. The van der Waals surface area contributed by atoms with E-state index in [2.05, 4.69) is 12.2 Å². The molecular weight excluding hydrogens is 240 g/mol. The van der Waals surface area contributed by atoms with Crippen molar-refractivity contribution in [1.82, 2.24) is 5.32 Å². The predicted molar refractivity (Wildman–Crippen MR) is 63.7 cm³/mol. The lowest BCUT2D eigenvalue weighted by molar-refractivity contribution is 0.387. The Hall–Kier alpha value is -0.850. The second-order valence-electron chi connectivity index (χ2n) is 4.71. The maximum atomic E-state index is 11.0. The van der Waals surface area contributed by atoms with Gasteiger partial charge in [-0.3, -0.25) is 0 Å². The summed E-state index contributed by atoms with van der Waals surface area (Å²) in [6.07, 6.45) is 2.67. The number of hydrogen-bond donors (Lipinski definition) is 2. The van der Waals surface area contributed by atoms with Crippen LogP contribution in [0, 0.1) is 11.8 Å². The Labute approximate surface area is 101 Å². The zero-order chi connectivity index (χ0) is 12.5. The fourth-order valence-electron chi connectivity index (χ4n) is 1.86. The van der Waals surface area contributed by atoms with Crippen LogP contribution >= 0.6 is 0 Å². The minimum atomic E-state index is -3.72. The van der Waals surface area contributed by atoms with Crippen LogP contribution in [-0.4, -0.2) is 15.0 Å². The van der Waals surface area contributed by atoms with Crippen LogP contribution < -0.4 is 10.5 Å². The molecule has 3 N–H and O–H groups in total. The summed E-state index contributed by atoms with van der Waals surface area (Å²) in [7, 11) is -3.72. The van der Waals surface area contributed by atoms with Crippen LogP contribution in [0.5, 0.6) is 0 Å². The summed E-state index contributed by atoms with van der Waals surface area (Å²) in [5, 5.41) is 8.03. The molecule has 1 fully saturated rings. The highest BCUT2D eigenvalue weighted by molar-refractivity contribution is 7.89. The van der Waals surface area contributed by atoms with Crippen LogP contribution in [0.1, 0.15) is 25.5 Å². The van der Waals surface area contributed by atoms with Crippen LogP contribution in [0.3, 0.4) is 0 Å². The van der Waals surface area contributed by atoms with E-state index in [1.54, 1.807) is 6.07 Å². The molecule has 1 unspecified atom stereocenters. The van der Waals surface area contributed by atoms with Gasteiger partial charge in [0.25, 0.3) is 10.0 Å². The van der Waals surface area contributed by atoms with Crippen molar-refractivity contribution < 1.29 is 12.8 Å². The number of nitrogens with two attached hydrogens (primary N) is 1. The van der Waals surface area contributed by atoms with Crippen molar-refractivity contribution in [2.75, 3.05) is 6.54 Å². The molecule has 0 bridgehead atoms. The maximum absolute atomic E-state index is 11.0. The largest absolute Gasteiger partial charge is 0.447 e. The molecule has 0 aliphatic heterocycles. The summed E-state index contributed by atoms with van der Waals surface area (Å²) in [5.74, 6) is 2.12. The van der Waals surface area contributed by atoms with E-state index in [4.69, 9.17) is 9.56 Å². The quantitative estimate of drug-likeness (QED) is 0.799. The van der Waals surface area contributed by atoms with Gasteiger partial charge in [0.2, 0.25) is 5.09 Å². The molecule has 1 aliphatic rings. The van der Waals surface area contributed by atoms with Crippen LogP contribution in [0.4, 0.5) is 0 Å². The van der Waals surface area contributed by atoms with Gasteiger partial charge < -0.3 is 9.73 Å². The average Bonchev–Trinajstić information content (AvgIpc) is 2.97. The third-order valence-electron chi connectivity index (χ3n) is 3.11. The lowest BCUT2D eigenvalue weighted by Gasteiger charge is -2.09. The molecule has 1 heterocycles. The number of primary sulfonamides is 1. The van der Waals surface area contributed by atoms with Gasteiger partial charge in [0, 0.05) is 0 Å². The number of hydrogen-bond acceptors (Lipinski definition) is 4. The monoisotopic (exact) mass is 258 g/mol. The Morgan fingerprint density at radius 3 is 2.76 bits per heavy atom. The average molecular weight is 258 g/mol. The molecule has 2 rings (SSSR count). The Balaban J connectivity index is 1.81. The first kappa shape index (κ1) is 12.6. The minimum Gasteiger partial charge on any atom is -0.447 e. The van der Waals surface area contributed by atoms with Gasteiger partial charge in [-0.15, -0.1) is 0 Å². The predicted octanol–water partition coefficient (Wildman–Crippen LogP) is 1.06. The molecule has 1 atom stereocenters. The van der Waals surface area contributed by atoms with E-state index in [0.29, 0.717) is 18.2 Å². The van der Waals surface area contributed by atoms with Crippen LogP contribution in [-0.2, 0) is 16.6 Å². The SMILES string of the molecule is CC(CNCc1ccc(S(N)(=O)=O)o1)C1CC1. The molecule has 0 radical (unpaired) electrons. The Bertz CT molecular complexity index is 477. The van der Waals surface area contributed by atoms with E-state index >= 15 is 0 Å². The molecule has 1 aromatic heterocycles. The third kappa shape index (κ3) is 3.55. The molecule has 5 nitrogen and oxygen atoms in total. The summed E-state index contributed by atoms with van der Waals surface area (Å²) in [6.45, 7) is 3.69. The molecule has 0 aromatic carbocycles. The van der Waals surface area contributed by atoms with Gasteiger partial charge in [0.15, 0.2) is 0 Å². The topological polar surface area (TPSA) is 85.3 Å². The Morgan fingerprint density at radius 2 is 2.24 bits per heavy atom. The van der Waals surface area contributed by atoms with Gasteiger partial charge in [-0.25, -0.2) is 13.6 Å². The highest BCUT2D eigenvalue weighted by Crippen LogP contribution is 2.36. The molecule has 96 valence electrons. The van der Waals surface area contributed by atoms with Crippen molar-refractivity contribution in [2.45, 2.75) is 31.4 Å². The second kappa shape index (κ2) is 4.80. The zero-order valence-corrected chi connectivity index (χ0v) is 10.7. The Morgan fingerprint density at radius 1 is 1.53 bits per heavy atom. The third-order valence-corrected chi connectivity index (χ3v) is 3.89. The van der Waals surface area contributed by atoms with Gasteiger partial charge in [-0.05, 0) is 43.4 Å². The first-order chi connectivity index (χ1) is 7.97. The number of nitrogens with one attached hydrogen (secondary N) is 1. The first-order valence-corrected chi connectivity index (χ1v) is 7.33. The number of furan rings is 1. The summed E-state index contributed by atoms with van der Waals surface area (Å²) in [5.41, 5.74) is 0. The van der Waals surface area contributed by atoms with Crippen molar-refractivity contribution in [1.29, 1.82) is 0 Å². The summed E-state index contributed by atoms with van der Waals surface area (Å²) >= 11 is 0. The Kier molecular flexibility index (Phi) is 3.56. The van der Waals surface area contributed by atoms with E-state index in [0.717, 1.165) is 12.5 Å². The van der Waals surface area contributed by atoms with Gasteiger partial charge in [0.05, 0.1) is 6.54 Å². The van der Waals surface area contributed by atoms with Crippen molar-refractivity contribution in [2.24, 2.45) is 17.0 Å². The zero-order valence-electron chi connectivity index (χ0n) is 9.85. The number of rotatable bonds is 6. The number of sulfonamides is 1. The van der Waals surface area contributed by atoms with Gasteiger partial charge in [-0.1, -0.05) is 6.92 Å². The fraction of sp³-hybridized carbons (Fsp3) is 0.636. The van der Waals surface area contributed by atoms with Gasteiger partial charge in [0.1, 0.15) is 5.76 Å². The summed E-state index contributed by atoms with van der Waals surface area (Å²) in [4.78, 5) is 0. The van der Waals surface area contributed by atoms with Crippen molar-refractivity contribution in [3.05, 3.63) is 17.9 Å².